The van der Waals surface area contributed by atoms with Crippen molar-refractivity contribution in [1.29, 1.82) is 0 Å². The van der Waals surface area contributed by atoms with Crippen molar-refractivity contribution in [2.45, 2.75) is 75.2 Å². The van der Waals surface area contributed by atoms with Crippen LogP contribution in [0.5, 0.6) is 0 Å². The quantitative estimate of drug-likeness (QED) is 0.108. The zero-order valence-corrected chi connectivity index (χ0v) is 39.4. The first-order valence-electron chi connectivity index (χ1n) is 28.8. The van der Waals surface area contributed by atoms with Gasteiger partial charge in [0.1, 0.15) is 0 Å². The Hall–Kier alpha value is -7.58. The van der Waals surface area contributed by atoms with Crippen LogP contribution in [-0.2, 0) is 10.8 Å². The highest BCUT2D eigenvalue weighted by Gasteiger charge is 2.75. The Morgan fingerprint density at radius 3 is 0.685 bits per heavy atom. The van der Waals surface area contributed by atoms with Crippen molar-refractivity contribution < 1.29 is 0 Å². The summed E-state index contributed by atoms with van der Waals surface area (Å²) in [7, 11) is 2.65. The third kappa shape index (κ3) is 1.66. The van der Waals surface area contributed by atoms with Gasteiger partial charge >= 0.3 is 0 Å². The van der Waals surface area contributed by atoms with Crippen LogP contribution in [0.1, 0.15) is 80.5 Å². The highest BCUT2D eigenvalue weighted by atomic mass is 15.2. The van der Waals surface area contributed by atoms with E-state index in [-0.39, 0.29) is 10.8 Å². The molecule has 1 aliphatic heterocycles. The monoisotopic (exact) mass is 903 g/mol. The van der Waals surface area contributed by atoms with E-state index in [0.29, 0.717) is 6.04 Å². The van der Waals surface area contributed by atoms with Gasteiger partial charge in [-0.25, -0.2) is 0 Å². The van der Waals surface area contributed by atoms with Gasteiger partial charge in [0.2, 0.25) is 0 Å². The second-order valence-electron chi connectivity index (χ2n) is 27.8. The summed E-state index contributed by atoms with van der Waals surface area (Å²) in [5, 5.41) is 92.3. The molecule has 0 aromatic heterocycles. The van der Waals surface area contributed by atoms with Crippen LogP contribution < -0.4 is 0 Å². The molecule has 0 radical (unpaired) electrons. The lowest BCUT2D eigenvalue weighted by molar-refractivity contribution is 0.244. The number of hydrogen-bond donors (Lipinski definition) is 0. The number of nitrogens with zero attached hydrogens (tertiary/aromatic N) is 1. The summed E-state index contributed by atoms with van der Waals surface area (Å²) in [5.41, 5.74) is 7.13. The van der Waals surface area contributed by atoms with E-state index in [1.54, 1.807) is 291 Å². The second kappa shape index (κ2) is 6.93. The standard InChI is InChI=1S/C72H25N/c1-3-4-5-6-7-8-9-10-12-72-69-63-57-47-35-27-19-15-13-14-17-21(19)29(35)39-33-25(17)26-18(14)22-20-16(13)24-23(15)31-37(27)45-51-41(31)42-32(24)38-28(20)36-30(22)40-34(26)44-43(33)55(49(39)57)65(69)66-56(44)50(40)58-48(36)54-46(38)52(42)60-59(51)67(61(63)53(45)47)71(72,11-73(12)2)68(60)62(54)64(58)70(66)72/h12H,3-11H2,1-2H3. The number of hydrogen-bond acceptors (Lipinski definition) is 1. The van der Waals surface area contributed by atoms with Crippen molar-refractivity contribution in [2.75, 3.05) is 13.6 Å². The molecule has 28 aromatic carbocycles. The average Bonchev–Trinajstić information content (AvgIpc) is 4.42. The van der Waals surface area contributed by atoms with Crippen molar-refractivity contribution in [1.82, 2.24) is 4.90 Å². The summed E-state index contributed by atoms with van der Waals surface area (Å²) >= 11 is 0. The Balaban J connectivity index is 1.06. The fourth-order valence-corrected chi connectivity index (χ4v) is 26.9. The largest absolute Gasteiger partial charge is 0.301 e. The number of likely N-dealkylation sites (tertiary alicyclic amines) is 1. The summed E-state index contributed by atoms with van der Waals surface area (Å²) in [6, 6.07) is 0.443. The molecule has 0 bridgehead atoms. The topological polar surface area (TPSA) is 3.24 Å². The molecule has 4 aliphatic carbocycles. The van der Waals surface area contributed by atoms with Gasteiger partial charge in [-0.05, 0) is 327 Å². The van der Waals surface area contributed by atoms with Crippen LogP contribution in [0, 0.1) is 0 Å². The summed E-state index contributed by atoms with van der Waals surface area (Å²) in [5.74, 6) is 0. The fraction of sp³-hybridized carbons (Fsp3) is 0.194. The molecule has 33 rings (SSSR count). The number of rotatable bonds is 8. The molecule has 1 nitrogen and oxygen atoms in total. The molecule has 1 heterocycles. The third-order valence-electron chi connectivity index (χ3n) is 27.2. The molecule has 28 aromatic rings. The Labute approximate surface area is 404 Å². The molecule has 0 amide bonds. The highest BCUT2D eigenvalue weighted by molar-refractivity contribution is 6.82. The zero-order valence-electron chi connectivity index (χ0n) is 39.4. The van der Waals surface area contributed by atoms with Gasteiger partial charge in [0.15, 0.2) is 0 Å². The maximum absolute atomic E-state index is 3.06. The lowest BCUT2D eigenvalue weighted by Gasteiger charge is -2.52. The maximum atomic E-state index is 3.06. The normalized spacial score (nSPS) is 23.5. The lowest BCUT2D eigenvalue weighted by Crippen LogP contribution is -2.54. The first kappa shape index (κ1) is 29.2. The van der Waals surface area contributed by atoms with Crippen molar-refractivity contribution in [3.63, 3.8) is 0 Å². The summed E-state index contributed by atoms with van der Waals surface area (Å²) in [6.45, 7) is 3.52. The van der Waals surface area contributed by atoms with Crippen LogP contribution in [-0.4, -0.2) is 24.5 Å². The first-order chi connectivity index (χ1) is 36.3. The molecule has 1 unspecified atom stereocenters. The molecule has 0 N–H and O–H groups in total. The van der Waals surface area contributed by atoms with E-state index >= 15 is 0 Å². The minimum Gasteiger partial charge on any atom is -0.301 e. The second-order valence-corrected chi connectivity index (χ2v) is 27.8. The van der Waals surface area contributed by atoms with Gasteiger partial charge in [0, 0.05) is 12.6 Å². The van der Waals surface area contributed by atoms with Crippen LogP contribution in [0.15, 0.2) is 0 Å². The van der Waals surface area contributed by atoms with Crippen molar-refractivity contribution in [2.24, 2.45) is 0 Å². The Kier molecular flexibility index (Phi) is 2.77. The number of benzene rings is 18. The predicted molar refractivity (Wildman–Crippen MR) is 313 cm³/mol. The van der Waals surface area contributed by atoms with Crippen LogP contribution in [0.4, 0.5) is 0 Å². The fourth-order valence-electron chi connectivity index (χ4n) is 26.9. The SMILES string of the molecule is CCCCCCCCCC1N(C)CC23c4c5c6c7c8c9c(c%10c%11c2c2c4c4c%12c5c5c6c6c8c8c%13c9c9c%10c%10c%11c%11c2c2c4c4c%12c%12c5c5c6c8c6c8c%13c9c9c%10c%10c%11c2c2c4c4c%12c5c6c5c8c9c%10c2c45)C713. The Morgan fingerprint density at radius 1 is 0.260 bits per heavy atom. The van der Waals surface area contributed by atoms with E-state index in [1.807, 2.05) is 22.3 Å². The van der Waals surface area contributed by atoms with Gasteiger partial charge in [0.05, 0.1) is 10.8 Å². The van der Waals surface area contributed by atoms with E-state index in [9.17, 15) is 0 Å². The molecule has 5 aliphatic rings. The smallest absolute Gasteiger partial charge is 0.0533 e. The molecule has 73 heavy (non-hydrogen) atoms. The van der Waals surface area contributed by atoms with Crippen molar-refractivity contribution in [3.8, 4) is 0 Å². The van der Waals surface area contributed by atoms with E-state index in [0.717, 1.165) is 6.54 Å². The van der Waals surface area contributed by atoms with Gasteiger partial charge < -0.3 is 4.90 Å². The summed E-state index contributed by atoms with van der Waals surface area (Å²) in [4.78, 5) is 3.06. The maximum Gasteiger partial charge on any atom is 0.0533 e. The van der Waals surface area contributed by atoms with E-state index in [1.165, 1.54) is 51.4 Å². The van der Waals surface area contributed by atoms with Gasteiger partial charge in [-0.3, -0.25) is 0 Å². The zero-order chi connectivity index (χ0) is 44.0. The van der Waals surface area contributed by atoms with E-state index in [4.69, 9.17) is 0 Å². The minimum absolute atomic E-state index is 0.140. The summed E-state index contributed by atoms with van der Waals surface area (Å²) < 4.78 is 0. The number of unbranched alkanes of at least 4 members (excludes halogenated alkanes) is 6. The minimum atomic E-state index is -0.144. The molecule has 0 saturated carbocycles. The van der Waals surface area contributed by atoms with E-state index in [2.05, 4.69) is 18.9 Å². The molecule has 2 spiro atoms. The predicted octanol–water partition coefficient (Wildman–Crippen LogP) is 19.7. The Bertz CT molecular complexity index is 6980. The first-order valence-corrected chi connectivity index (χ1v) is 28.8. The molecular weight excluding hydrogens is 879 g/mol. The highest BCUT2D eigenvalue weighted by Crippen LogP contribution is 2.86. The lowest BCUT2D eigenvalue weighted by atomic mass is 9.48. The molecule has 1 atom stereocenters. The van der Waals surface area contributed by atoms with Gasteiger partial charge in [0.25, 0.3) is 0 Å². The van der Waals surface area contributed by atoms with Crippen LogP contribution >= 0.6 is 0 Å². The molecule has 1 fully saturated rings. The third-order valence-corrected chi connectivity index (χ3v) is 27.2. The molecular formula is C72H25N. The van der Waals surface area contributed by atoms with Crippen molar-refractivity contribution >= 4 is 291 Å². The molecule has 1 saturated heterocycles. The average molecular weight is 904 g/mol. The van der Waals surface area contributed by atoms with Gasteiger partial charge in [-0.2, -0.15) is 0 Å². The van der Waals surface area contributed by atoms with Crippen LogP contribution in [0.2, 0.25) is 0 Å². The van der Waals surface area contributed by atoms with E-state index < -0.39 is 0 Å². The van der Waals surface area contributed by atoms with Crippen LogP contribution in [0.3, 0.4) is 0 Å². The van der Waals surface area contributed by atoms with Gasteiger partial charge in [-0.1, -0.05) is 51.9 Å². The number of likely N-dealkylation sites (N-methyl/N-ethyl adjacent to an activating group) is 1. The van der Waals surface area contributed by atoms with Crippen molar-refractivity contribution in [3.05, 3.63) is 22.3 Å². The Morgan fingerprint density at radius 2 is 0.452 bits per heavy atom. The molecule has 1 heteroatoms. The van der Waals surface area contributed by atoms with Gasteiger partial charge in [-0.15, -0.1) is 0 Å². The molecule has 318 valence electrons. The summed E-state index contributed by atoms with van der Waals surface area (Å²) in [6.07, 6.45) is 10.9. The van der Waals surface area contributed by atoms with Crippen LogP contribution in [0.25, 0.3) is 291 Å².